The van der Waals surface area contributed by atoms with Crippen molar-refractivity contribution >= 4 is 23.5 Å². The number of ether oxygens (including phenoxy) is 2. The molecule has 0 bridgehead atoms. The number of methoxy groups -OCH3 is 1. The number of amides is 2. The molecule has 0 fully saturated rings. The average molecular weight is 382 g/mol. The molecule has 2 amide bonds. The number of hydrogen-bond acceptors (Lipinski definition) is 5. The van der Waals surface area contributed by atoms with Crippen molar-refractivity contribution in [2.45, 2.75) is 13.5 Å². The second-order valence-corrected chi connectivity index (χ2v) is 6.49. The molecule has 0 aromatic heterocycles. The largest absolute Gasteiger partial charge is 0.482 e. The summed E-state index contributed by atoms with van der Waals surface area (Å²) in [6, 6.07) is 14.7. The number of benzene rings is 2. The summed E-state index contributed by atoms with van der Waals surface area (Å²) in [5.41, 5.74) is 2.48. The Kier molecular flexibility index (Phi) is 5.93. The van der Waals surface area contributed by atoms with Gasteiger partial charge in [0.2, 0.25) is 5.91 Å². The second-order valence-electron chi connectivity index (χ2n) is 6.49. The third kappa shape index (κ3) is 4.31. The molecule has 0 saturated carbocycles. The number of esters is 1. The lowest BCUT2D eigenvalue weighted by molar-refractivity contribution is -0.147. The average Bonchev–Trinajstić information content (AvgIpc) is 2.71. The molecule has 0 atom stereocenters. The van der Waals surface area contributed by atoms with Gasteiger partial charge in [-0.3, -0.25) is 19.3 Å². The van der Waals surface area contributed by atoms with E-state index in [1.807, 2.05) is 31.2 Å². The van der Waals surface area contributed by atoms with Crippen LogP contribution in [0.25, 0.3) is 0 Å². The van der Waals surface area contributed by atoms with Crippen molar-refractivity contribution in [1.29, 1.82) is 0 Å². The van der Waals surface area contributed by atoms with Gasteiger partial charge in [-0.1, -0.05) is 36.4 Å². The first-order valence-corrected chi connectivity index (χ1v) is 8.91. The van der Waals surface area contributed by atoms with Crippen molar-refractivity contribution in [3.63, 3.8) is 0 Å². The van der Waals surface area contributed by atoms with Gasteiger partial charge in [-0.2, -0.15) is 0 Å². The van der Waals surface area contributed by atoms with E-state index in [0.717, 1.165) is 11.1 Å². The Morgan fingerprint density at radius 3 is 2.61 bits per heavy atom. The summed E-state index contributed by atoms with van der Waals surface area (Å²) in [5, 5.41) is 0. The van der Waals surface area contributed by atoms with Gasteiger partial charge in [0.25, 0.3) is 5.91 Å². The van der Waals surface area contributed by atoms with Gasteiger partial charge < -0.3 is 14.4 Å². The van der Waals surface area contributed by atoms with Crippen LogP contribution >= 0.6 is 0 Å². The molecule has 3 rings (SSSR count). The van der Waals surface area contributed by atoms with E-state index < -0.39 is 5.97 Å². The minimum absolute atomic E-state index is 0.126. The topological polar surface area (TPSA) is 76.2 Å². The molecule has 0 saturated heterocycles. The molecule has 28 heavy (non-hydrogen) atoms. The summed E-state index contributed by atoms with van der Waals surface area (Å²) in [5.74, 6) is -0.622. The number of carbonyl (C=O) groups excluding carboxylic acids is 3. The third-order valence-corrected chi connectivity index (χ3v) is 4.62. The first kappa shape index (κ1) is 19.4. The van der Waals surface area contributed by atoms with E-state index in [0.29, 0.717) is 11.4 Å². The Balaban J connectivity index is 1.82. The fraction of sp³-hybridized carbons (Fsp3) is 0.286. The number of anilines is 1. The van der Waals surface area contributed by atoms with E-state index in [1.165, 1.54) is 16.9 Å². The number of hydrogen-bond donors (Lipinski definition) is 0. The van der Waals surface area contributed by atoms with Gasteiger partial charge >= 0.3 is 5.97 Å². The third-order valence-electron chi connectivity index (χ3n) is 4.62. The summed E-state index contributed by atoms with van der Waals surface area (Å²) in [6.07, 6.45) is 0. The van der Waals surface area contributed by atoms with Crippen LogP contribution in [0.4, 0.5) is 5.69 Å². The van der Waals surface area contributed by atoms with Crippen LogP contribution < -0.4 is 9.64 Å². The molecule has 1 heterocycles. The molecule has 2 aromatic rings. The van der Waals surface area contributed by atoms with Crippen LogP contribution in [-0.4, -0.2) is 49.5 Å². The maximum Gasteiger partial charge on any atom is 0.325 e. The molecular weight excluding hydrogens is 360 g/mol. The van der Waals surface area contributed by atoms with E-state index >= 15 is 0 Å². The van der Waals surface area contributed by atoms with Gasteiger partial charge in [0.1, 0.15) is 18.8 Å². The standard InChI is InChI=1S/C21H22N2O5/c1-15-7-3-4-8-16(15)11-22(13-21(26)27-2)19(24)12-23-17-9-5-6-10-18(17)28-14-20(23)25/h3-10H,11-14H2,1-2H3. The van der Waals surface area contributed by atoms with Gasteiger partial charge in [-0.05, 0) is 30.2 Å². The molecule has 1 aliphatic heterocycles. The monoisotopic (exact) mass is 382 g/mol. The van der Waals surface area contributed by atoms with E-state index in [9.17, 15) is 14.4 Å². The quantitative estimate of drug-likeness (QED) is 0.714. The number of carbonyl (C=O) groups is 3. The fourth-order valence-corrected chi connectivity index (χ4v) is 3.01. The zero-order valence-electron chi connectivity index (χ0n) is 15.9. The van der Waals surface area contributed by atoms with Crippen LogP contribution in [0.1, 0.15) is 11.1 Å². The molecule has 0 spiro atoms. The maximum absolute atomic E-state index is 13.0. The summed E-state index contributed by atoms with van der Waals surface area (Å²) < 4.78 is 10.1. The summed E-state index contributed by atoms with van der Waals surface area (Å²) in [6.45, 7) is 1.70. The number of rotatable bonds is 6. The van der Waals surface area contributed by atoms with Gasteiger partial charge in [0, 0.05) is 6.54 Å². The molecule has 0 aliphatic carbocycles. The van der Waals surface area contributed by atoms with E-state index in [-0.39, 0.29) is 38.1 Å². The van der Waals surface area contributed by atoms with Crippen molar-refractivity contribution < 1.29 is 23.9 Å². The second kappa shape index (κ2) is 8.56. The smallest absolute Gasteiger partial charge is 0.325 e. The number of nitrogens with zero attached hydrogens (tertiary/aromatic N) is 2. The molecule has 7 heteroatoms. The van der Waals surface area contributed by atoms with Crippen molar-refractivity contribution in [3.8, 4) is 5.75 Å². The Labute approximate surface area is 163 Å². The lowest BCUT2D eigenvalue weighted by Crippen LogP contribution is -2.47. The molecule has 7 nitrogen and oxygen atoms in total. The van der Waals surface area contributed by atoms with Crippen LogP contribution in [0.5, 0.6) is 5.75 Å². The minimum Gasteiger partial charge on any atom is -0.482 e. The number of aryl methyl sites for hydroxylation is 1. The van der Waals surface area contributed by atoms with E-state index in [1.54, 1.807) is 24.3 Å². The highest BCUT2D eigenvalue weighted by Gasteiger charge is 2.29. The Bertz CT molecular complexity index is 896. The maximum atomic E-state index is 13.0. The summed E-state index contributed by atoms with van der Waals surface area (Å²) in [7, 11) is 1.28. The normalized spacial score (nSPS) is 12.8. The molecule has 0 radical (unpaired) electrons. The fourth-order valence-electron chi connectivity index (χ4n) is 3.01. The molecule has 2 aromatic carbocycles. The van der Waals surface area contributed by atoms with Crippen LogP contribution in [0.2, 0.25) is 0 Å². The van der Waals surface area contributed by atoms with Crippen LogP contribution in [0.15, 0.2) is 48.5 Å². The lowest BCUT2D eigenvalue weighted by atomic mass is 10.1. The van der Waals surface area contributed by atoms with Crippen LogP contribution in [0.3, 0.4) is 0 Å². The van der Waals surface area contributed by atoms with Crippen molar-refractivity contribution in [2.75, 3.05) is 31.7 Å². The molecule has 146 valence electrons. The lowest BCUT2D eigenvalue weighted by Gasteiger charge is -2.31. The van der Waals surface area contributed by atoms with Crippen LogP contribution in [-0.2, 0) is 25.7 Å². The zero-order chi connectivity index (χ0) is 20.1. The predicted molar refractivity (Wildman–Crippen MR) is 103 cm³/mol. The summed E-state index contributed by atoms with van der Waals surface area (Å²) in [4.78, 5) is 40.0. The SMILES string of the molecule is COC(=O)CN(Cc1ccccc1C)C(=O)CN1C(=O)COc2ccccc21. The summed E-state index contributed by atoms with van der Waals surface area (Å²) >= 11 is 0. The number of para-hydroxylation sites is 2. The van der Waals surface area contributed by atoms with E-state index in [4.69, 9.17) is 9.47 Å². The van der Waals surface area contributed by atoms with Crippen LogP contribution in [0, 0.1) is 6.92 Å². The zero-order valence-corrected chi connectivity index (χ0v) is 15.9. The molecule has 1 aliphatic rings. The van der Waals surface area contributed by atoms with Gasteiger partial charge in [0.05, 0.1) is 12.8 Å². The van der Waals surface area contributed by atoms with Gasteiger partial charge in [0.15, 0.2) is 6.61 Å². The van der Waals surface area contributed by atoms with Crippen molar-refractivity contribution in [3.05, 3.63) is 59.7 Å². The first-order valence-electron chi connectivity index (χ1n) is 8.91. The van der Waals surface area contributed by atoms with Gasteiger partial charge in [-0.15, -0.1) is 0 Å². The Morgan fingerprint density at radius 2 is 1.86 bits per heavy atom. The molecular formula is C21H22N2O5. The Morgan fingerprint density at radius 1 is 1.14 bits per heavy atom. The van der Waals surface area contributed by atoms with Crippen molar-refractivity contribution in [2.24, 2.45) is 0 Å². The highest BCUT2D eigenvalue weighted by molar-refractivity contribution is 6.02. The first-order chi connectivity index (χ1) is 13.5. The highest BCUT2D eigenvalue weighted by Crippen LogP contribution is 2.31. The van der Waals surface area contributed by atoms with Crippen molar-refractivity contribution in [1.82, 2.24) is 4.90 Å². The predicted octanol–water partition coefficient (Wildman–Crippen LogP) is 1.92. The minimum atomic E-state index is -0.518. The highest BCUT2D eigenvalue weighted by atomic mass is 16.5. The molecule has 0 unspecified atom stereocenters. The van der Waals surface area contributed by atoms with Gasteiger partial charge in [-0.25, -0.2) is 0 Å². The van der Waals surface area contributed by atoms with E-state index in [2.05, 4.69) is 0 Å². The Hall–Kier alpha value is -3.35. The number of fused-ring (bicyclic) bond motifs is 1. The molecule has 0 N–H and O–H groups in total.